The van der Waals surface area contributed by atoms with Gasteiger partial charge in [-0.15, -0.1) is 0 Å². The molecule has 1 aromatic rings. The predicted molar refractivity (Wildman–Crippen MR) is 68.4 cm³/mol. The predicted octanol–water partition coefficient (Wildman–Crippen LogP) is 3.15. The number of benzene rings is 1. The molecule has 1 aromatic carbocycles. The molecular weight excluding hydrogens is 271 g/mol. The quantitative estimate of drug-likeness (QED) is 0.623. The lowest BCUT2D eigenvalue weighted by atomic mass is 10.0. The van der Waals surface area contributed by atoms with Crippen LogP contribution in [0.25, 0.3) is 0 Å². The van der Waals surface area contributed by atoms with Gasteiger partial charge in [0.2, 0.25) is 0 Å². The third kappa shape index (κ3) is 4.20. The Balaban J connectivity index is 2.59. The van der Waals surface area contributed by atoms with Crippen molar-refractivity contribution in [3.63, 3.8) is 0 Å². The summed E-state index contributed by atoms with van der Waals surface area (Å²) in [4.78, 5) is 0. The van der Waals surface area contributed by atoms with Gasteiger partial charge in [0, 0.05) is 6.04 Å². The first-order chi connectivity index (χ1) is 7.67. The molecule has 0 aliphatic carbocycles. The zero-order chi connectivity index (χ0) is 12.0. The summed E-state index contributed by atoms with van der Waals surface area (Å²) >= 11 is 3.18. The van der Waals surface area contributed by atoms with Gasteiger partial charge in [-0.2, -0.15) is 0 Å². The number of halogens is 2. The van der Waals surface area contributed by atoms with Crippen LogP contribution >= 0.6 is 15.9 Å². The molecule has 1 atom stereocenters. The van der Waals surface area contributed by atoms with E-state index in [4.69, 9.17) is 5.84 Å². The number of hydrazine groups is 1. The van der Waals surface area contributed by atoms with E-state index >= 15 is 0 Å². The summed E-state index contributed by atoms with van der Waals surface area (Å²) in [7, 11) is 0. The van der Waals surface area contributed by atoms with Gasteiger partial charge in [-0.3, -0.25) is 11.3 Å². The molecule has 3 N–H and O–H groups in total. The molecule has 2 nitrogen and oxygen atoms in total. The maximum atomic E-state index is 13.0. The Morgan fingerprint density at radius 3 is 2.81 bits per heavy atom. The summed E-state index contributed by atoms with van der Waals surface area (Å²) in [6, 6.07) is 5.35. The molecule has 0 amide bonds. The van der Waals surface area contributed by atoms with Gasteiger partial charge in [0.15, 0.2) is 0 Å². The van der Waals surface area contributed by atoms with Crippen molar-refractivity contribution in [1.29, 1.82) is 0 Å². The Morgan fingerprint density at radius 2 is 2.25 bits per heavy atom. The number of hydrogen-bond acceptors (Lipinski definition) is 2. The fraction of sp³-hybridized carbons (Fsp3) is 0.500. The number of hydrogen-bond donors (Lipinski definition) is 2. The molecule has 0 spiro atoms. The number of nitrogens with one attached hydrogen (secondary N) is 1. The molecule has 0 aromatic heterocycles. The van der Waals surface area contributed by atoms with E-state index in [9.17, 15) is 4.39 Å². The van der Waals surface area contributed by atoms with E-state index in [2.05, 4.69) is 28.3 Å². The second kappa shape index (κ2) is 6.99. The largest absolute Gasteiger partial charge is 0.271 e. The number of rotatable bonds is 6. The van der Waals surface area contributed by atoms with Crippen molar-refractivity contribution < 1.29 is 4.39 Å². The first-order valence-electron chi connectivity index (χ1n) is 5.57. The average molecular weight is 289 g/mol. The highest BCUT2D eigenvalue weighted by Crippen LogP contribution is 2.18. The Bertz CT molecular complexity index is 331. The summed E-state index contributed by atoms with van der Waals surface area (Å²) in [6.07, 6.45) is 4.18. The first kappa shape index (κ1) is 13.6. The van der Waals surface area contributed by atoms with E-state index < -0.39 is 0 Å². The maximum Gasteiger partial charge on any atom is 0.137 e. The van der Waals surface area contributed by atoms with Crippen LogP contribution in [0.15, 0.2) is 22.7 Å². The van der Waals surface area contributed by atoms with Crippen molar-refractivity contribution in [1.82, 2.24) is 5.43 Å². The first-order valence-corrected chi connectivity index (χ1v) is 6.36. The van der Waals surface area contributed by atoms with Crippen molar-refractivity contribution in [3.05, 3.63) is 34.1 Å². The van der Waals surface area contributed by atoms with Crippen molar-refractivity contribution in [2.45, 2.75) is 38.6 Å². The Morgan fingerprint density at radius 1 is 1.50 bits per heavy atom. The normalized spacial score (nSPS) is 12.8. The zero-order valence-corrected chi connectivity index (χ0v) is 11.1. The van der Waals surface area contributed by atoms with Crippen molar-refractivity contribution >= 4 is 15.9 Å². The van der Waals surface area contributed by atoms with Crippen LogP contribution in [-0.2, 0) is 6.42 Å². The van der Waals surface area contributed by atoms with Crippen LogP contribution in [-0.4, -0.2) is 6.04 Å². The second-order valence-corrected chi connectivity index (χ2v) is 4.81. The van der Waals surface area contributed by atoms with E-state index in [1.807, 2.05) is 6.07 Å². The van der Waals surface area contributed by atoms with Crippen LogP contribution in [0.1, 0.15) is 31.7 Å². The van der Waals surface area contributed by atoms with Gasteiger partial charge in [0.25, 0.3) is 0 Å². The molecule has 0 saturated heterocycles. The van der Waals surface area contributed by atoms with Crippen LogP contribution in [0.5, 0.6) is 0 Å². The van der Waals surface area contributed by atoms with Crippen LogP contribution < -0.4 is 11.3 Å². The number of nitrogens with two attached hydrogens (primary N) is 1. The fourth-order valence-corrected chi connectivity index (χ4v) is 2.07. The molecule has 0 radical (unpaired) electrons. The SMILES string of the molecule is CCCCC(Cc1ccc(F)c(Br)c1)NN. The van der Waals surface area contributed by atoms with Gasteiger partial charge in [-0.05, 0) is 46.5 Å². The molecule has 0 aliphatic heterocycles. The van der Waals surface area contributed by atoms with E-state index in [1.165, 1.54) is 6.07 Å². The van der Waals surface area contributed by atoms with Gasteiger partial charge in [-0.25, -0.2) is 4.39 Å². The topological polar surface area (TPSA) is 38.0 Å². The van der Waals surface area contributed by atoms with Crippen LogP contribution in [0, 0.1) is 5.82 Å². The maximum absolute atomic E-state index is 13.0. The summed E-state index contributed by atoms with van der Waals surface area (Å²) < 4.78 is 13.5. The zero-order valence-electron chi connectivity index (χ0n) is 9.47. The van der Waals surface area contributed by atoms with E-state index in [0.29, 0.717) is 4.47 Å². The van der Waals surface area contributed by atoms with Crippen LogP contribution in [0.4, 0.5) is 4.39 Å². The monoisotopic (exact) mass is 288 g/mol. The lowest BCUT2D eigenvalue weighted by Gasteiger charge is -2.15. The van der Waals surface area contributed by atoms with E-state index in [1.54, 1.807) is 6.07 Å². The van der Waals surface area contributed by atoms with Gasteiger partial charge in [0.05, 0.1) is 4.47 Å². The Labute approximate surface area is 105 Å². The molecule has 0 bridgehead atoms. The molecule has 4 heteroatoms. The third-order valence-corrected chi connectivity index (χ3v) is 3.22. The highest BCUT2D eigenvalue weighted by molar-refractivity contribution is 9.10. The molecule has 0 saturated carbocycles. The van der Waals surface area contributed by atoms with Gasteiger partial charge < -0.3 is 0 Å². The third-order valence-electron chi connectivity index (χ3n) is 2.61. The highest BCUT2D eigenvalue weighted by atomic mass is 79.9. The summed E-state index contributed by atoms with van der Waals surface area (Å²) in [5, 5.41) is 0. The molecular formula is C12H18BrFN2. The van der Waals surface area contributed by atoms with E-state index in [-0.39, 0.29) is 11.9 Å². The Hall–Kier alpha value is -0.450. The Kier molecular flexibility index (Phi) is 5.95. The van der Waals surface area contributed by atoms with Gasteiger partial charge in [-0.1, -0.05) is 25.8 Å². The van der Waals surface area contributed by atoms with Gasteiger partial charge in [0.1, 0.15) is 5.82 Å². The molecule has 16 heavy (non-hydrogen) atoms. The van der Waals surface area contributed by atoms with E-state index in [0.717, 1.165) is 31.2 Å². The van der Waals surface area contributed by atoms with Crippen LogP contribution in [0.2, 0.25) is 0 Å². The minimum atomic E-state index is -0.227. The summed E-state index contributed by atoms with van der Waals surface area (Å²) in [5.41, 5.74) is 3.90. The smallest absolute Gasteiger partial charge is 0.137 e. The molecule has 90 valence electrons. The minimum absolute atomic E-state index is 0.227. The van der Waals surface area contributed by atoms with Crippen LogP contribution in [0.3, 0.4) is 0 Å². The standard InChI is InChI=1S/C12H18BrFN2/c1-2-3-4-10(16-15)7-9-5-6-12(14)11(13)8-9/h5-6,8,10,16H,2-4,7,15H2,1H3. The average Bonchev–Trinajstić information content (AvgIpc) is 2.29. The van der Waals surface area contributed by atoms with Gasteiger partial charge >= 0.3 is 0 Å². The molecule has 0 heterocycles. The summed E-state index contributed by atoms with van der Waals surface area (Å²) in [5.74, 6) is 5.27. The fourth-order valence-electron chi connectivity index (χ4n) is 1.65. The highest BCUT2D eigenvalue weighted by Gasteiger charge is 2.08. The molecule has 1 unspecified atom stereocenters. The molecule has 0 fully saturated rings. The molecule has 0 aliphatic rings. The molecule has 1 rings (SSSR count). The summed E-state index contributed by atoms with van der Waals surface area (Å²) in [6.45, 7) is 2.15. The van der Waals surface area contributed by atoms with Crippen molar-refractivity contribution in [2.75, 3.05) is 0 Å². The van der Waals surface area contributed by atoms with Crippen molar-refractivity contribution in [3.8, 4) is 0 Å². The second-order valence-electron chi connectivity index (χ2n) is 3.96. The van der Waals surface area contributed by atoms with Crippen molar-refractivity contribution in [2.24, 2.45) is 5.84 Å². The lowest BCUT2D eigenvalue weighted by molar-refractivity contribution is 0.473. The number of unbranched alkanes of at least 4 members (excludes halogenated alkanes) is 1. The minimum Gasteiger partial charge on any atom is -0.271 e. The lowest BCUT2D eigenvalue weighted by Crippen LogP contribution is -2.36.